The maximum atomic E-state index is 12.1. The fourth-order valence-electron chi connectivity index (χ4n) is 2.92. The van der Waals surface area contributed by atoms with Crippen molar-refractivity contribution in [3.8, 4) is 0 Å². The first kappa shape index (κ1) is 14.6. The van der Waals surface area contributed by atoms with Crippen LogP contribution in [0, 0.1) is 13.8 Å². The van der Waals surface area contributed by atoms with E-state index in [4.69, 9.17) is 4.74 Å². The van der Waals surface area contributed by atoms with Gasteiger partial charge in [0.1, 0.15) is 6.04 Å². The average Bonchev–Trinajstić information content (AvgIpc) is 2.65. The third-order valence-corrected chi connectivity index (χ3v) is 3.87. The van der Waals surface area contributed by atoms with Gasteiger partial charge in [-0.05, 0) is 26.3 Å². The molecule has 0 saturated carbocycles. The first-order valence-electron chi connectivity index (χ1n) is 6.91. The molecule has 1 aromatic rings. The number of benzene rings is 1. The van der Waals surface area contributed by atoms with Crippen LogP contribution in [0.1, 0.15) is 37.0 Å². The Morgan fingerprint density at radius 3 is 2.50 bits per heavy atom. The topological polar surface area (TPSA) is 55.4 Å². The molecule has 0 aliphatic carbocycles. The highest BCUT2D eigenvalue weighted by Crippen LogP contribution is 2.37. The summed E-state index contributed by atoms with van der Waals surface area (Å²) in [7, 11) is 0. The Kier molecular flexibility index (Phi) is 3.84. The lowest BCUT2D eigenvalue weighted by molar-refractivity contribution is -0.147. The number of ether oxygens (including phenoxy) is 1. The van der Waals surface area contributed by atoms with Crippen LogP contribution < -0.4 is 5.32 Å². The van der Waals surface area contributed by atoms with Crippen molar-refractivity contribution < 1.29 is 14.3 Å². The van der Waals surface area contributed by atoms with Gasteiger partial charge in [-0.3, -0.25) is 4.79 Å². The maximum Gasteiger partial charge on any atom is 0.329 e. The lowest BCUT2D eigenvalue weighted by atomic mass is 9.75. The van der Waals surface area contributed by atoms with E-state index in [9.17, 15) is 9.59 Å². The van der Waals surface area contributed by atoms with Crippen LogP contribution in [0.15, 0.2) is 18.2 Å². The van der Waals surface area contributed by atoms with Crippen LogP contribution in [0.2, 0.25) is 0 Å². The Morgan fingerprint density at radius 2 is 1.95 bits per heavy atom. The van der Waals surface area contributed by atoms with Gasteiger partial charge in [-0.15, -0.1) is 0 Å². The van der Waals surface area contributed by atoms with Crippen molar-refractivity contribution in [3.63, 3.8) is 0 Å². The first-order valence-corrected chi connectivity index (χ1v) is 6.91. The van der Waals surface area contributed by atoms with Crippen LogP contribution in [0.4, 0.5) is 0 Å². The average molecular weight is 275 g/mol. The molecular formula is C16H21NO3. The smallest absolute Gasteiger partial charge is 0.329 e. The number of amides is 1. The molecule has 4 nitrogen and oxygen atoms in total. The van der Waals surface area contributed by atoms with Crippen LogP contribution in [0.5, 0.6) is 0 Å². The van der Waals surface area contributed by atoms with Gasteiger partial charge in [0.25, 0.3) is 0 Å². The molecule has 1 aromatic carbocycles. The minimum Gasteiger partial charge on any atom is -0.464 e. The number of carbonyl (C=O) groups is 2. The van der Waals surface area contributed by atoms with Crippen LogP contribution in [-0.4, -0.2) is 24.5 Å². The zero-order valence-corrected chi connectivity index (χ0v) is 12.4. The van der Waals surface area contributed by atoms with Crippen molar-refractivity contribution in [1.82, 2.24) is 5.32 Å². The van der Waals surface area contributed by atoms with Gasteiger partial charge in [0.15, 0.2) is 0 Å². The summed E-state index contributed by atoms with van der Waals surface area (Å²) < 4.78 is 5.10. The van der Waals surface area contributed by atoms with Crippen LogP contribution in [0.25, 0.3) is 0 Å². The van der Waals surface area contributed by atoms with E-state index >= 15 is 0 Å². The lowest BCUT2D eigenvalue weighted by Crippen LogP contribution is -2.45. The Balaban J connectivity index is 2.43. The maximum absolute atomic E-state index is 12.1. The van der Waals surface area contributed by atoms with Crippen molar-refractivity contribution in [2.24, 2.45) is 0 Å². The van der Waals surface area contributed by atoms with Gasteiger partial charge in [0.2, 0.25) is 5.91 Å². The SMILES string of the molecule is CCOC(=O)C1NC(=O)CC1(C)c1cc(C)cc(C)c1. The second-order valence-corrected chi connectivity index (χ2v) is 5.72. The molecule has 0 radical (unpaired) electrons. The van der Waals surface area contributed by atoms with Gasteiger partial charge in [0, 0.05) is 11.8 Å². The van der Waals surface area contributed by atoms with Crippen molar-refractivity contribution in [3.05, 3.63) is 34.9 Å². The highest BCUT2D eigenvalue weighted by atomic mass is 16.5. The predicted octanol–water partition coefficient (Wildman–Crippen LogP) is 2.01. The number of hydrogen-bond donors (Lipinski definition) is 1. The third kappa shape index (κ3) is 2.55. The fourth-order valence-corrected chi connectivity index (χ4v) is 2.92. The van der Waals surface area contributed by atoms with Crippen molar-refractivity contribution in [1.29, 1.82) is 0 Å². The molecule has 1 N–H and O–H groups in total. The zero-order valence-electron chi connectivity index (χ0n) is 12.4. The van der Waals surface area contributed by atoms with Crippen molar-refractivity contribution in [2.75, 3.05) is 6.61 Å². The van der Waals surface area contributed by atoms with Gasteiger partial charge >= 0.3 is 5.97 Å². The van der Waals surface area contributed by atoms with Crippen molar-refractivity contribution in [2.45, 2.75) is 45.6 Å². The summed E-state index contributed by atoms with van der Waals surface area (Å²) in [5, 5.41) is 2.75. The summed E-state index contributed by atoms with van der Waals surface area (Å²) in [4.78, 5) is 23.9. The van der Waals surface area contributed by atoms with E-state index in [0.29, 0.717) is 13.0 Å². The molecule has 1 heterocycles. The molecule has 1 saturated heterocycles. The molecule has 20 heavy (non-hydrogen) atoms. The second-order valence-electron chi connectivity index (χ2n) is 5.72. The zero-order chi connectivity index (χ0) is 14.9. The van der Waals surface area contributed by atoms with E-state index in [1.54, 1.807) is 6.92 Å². The molecule has 1 fully saturated rings. The molecule has 1 aliphatic rings. The van der Waals surface area contributed by atoms with E-state index in [1.165, 1.54) is 0 Å². The van der Waals surface area contributed by atoms with Gasteiger partial charge in [0.05, 0.1) is 6.61 Å². The molecule has 0 aromatic heterocycles. The summed E-state index contributed by atoms with van der Waals surface area (Å²) in [6.45, 7) is 8.06. The molecule has 2 rings (SSSR count). The number of hydrogen-bond acceptors (Lipinski definition) is 3. The monoisotopic (exact) mass is 275 g/mol. The van der Waals surface area contributed by atoms with E-state index in [1.807, 2.05) is 32.9 Å². The largest absolute Gasteiger partial charge is 0.464 e. The summed E-state index contributed by atoms with van der Waals surface area (Å²) in [6.07, 6.45) is 0.305. The quantitative estimate of drug-likeness (QED) is 0.859. The van der Waals surface area contributed by atoms with Crippen molar-refractivity contribution >= 4 is 11.9 Å². The van der Waals surface area contributed by atoms with Gasteiger partial charge < -0.3 is 10.1 Å². The highest BCUT2D eigenvalue weighted by Gasteiger charge is 2.49. The third-order valence-electron chi connectivity index (χ3n) is 3.87. The molecule has 0 bridgehead atoms. The second kappa shape index (κ2) is 5.27. The Morgan fingerprint density at radius 1 is 1.35 bits per heavy atom. The molecule has 1 amide bonds. The molecule has 108 valence electrons. The number of esters is 1. The summed E-state index contributed by atoms with van der Waals surface area (Å²) >= 11 is 0. The molecule has 1 aliphatic heterocycles. The molecule has 4 heteroatoms. The fraction of sp³-hybridized carbons (Fsp3) is 0.500. The standard InChI is InChI=1S/C16H21NO3/c1-5-20-15(19)14-16(4,9-13(18)17-14)12-7-10(2)6-11(3)8-12/h6-8,14H,5,9H2,1-4H3,(H,17,18). The van der Waals surface area contributed by atoms with Crippen LogP contribution >= 0.6 is 0 Å². The molecule has 0 spiro atoms. The first-order chi connectivity index (χ1) is 9.36. The van der Waals surface area contributed by atoms with Gasteiger partial charge in [-0.25, -0.2) is 4.79 Å². The summed E-state index contributed by atoms with van der Waals surface area (Å²) in [6, 6.07) is 5.55. The number of aryl methyl sites for hydroxylation is 2. The normalized spacial score (nSPS) is 25.4. The van der Waals surface area contributed by atoms with Gasteiger partial charge in [-0.1, -0.05) is 36.2 Å². The van der Waals surface area contributed by atoms with E-state index in [0.717, 1.165) is 16.7 Å². The number of rotatable bonds is 3. The Hall–Kier alpha value is -1.84. The molecule has 2 atom stereocenters. The molecule has 2 unspecified atom stereocenters. The minimum atomic E-state index is -0.615. The highest BCUT2D eigenvalue weighted by molar-refractivity contribution is 5.91. The lowest BCUT2D eigenvalue weighted by Gasteiger charge is -2.29. The van der Waals surface area contributed by atoms with E-state index < -0.39 is 11.5 Å². The number of nitrogens with one attached hydrogen (secondary N) is 1. The summed E-state index contributed by atoms with van der Waals surface area (Å²) in [5.41, 5.74) is 2.71. The Labute approximate surface area is 119 Å². The number of carbonyl (C=O) groups excluding carboxylic acids is 2. The van der Waals surface area contributed by atoms with E-state index in [-0.39, 0.29) is 11.9 Å². The van der Waals surface area contributed by atoms with Crippen LogP contribution in [-0.2, 0) is 19.7 Å². The summed E-state index contributed by atoms with van der Waals surface area (Å²) in [5.74, 6) is -0.468. The Bertz CT molecular complexity index is 532. The van der Waals surface area contributed by atoms with Gasteiger partial charge in [-0.2, -0.15) is 0 Å². The van der Waals surface area contributed by atoms with Crippen LogP contribution in [0.3, 0.4) is 0 Å². The molecular weight excluding hydrogens is 254 g/mol. The van der Waals surface area contributed by atoms with E-state index in [2.05, 4.69) is 11.4 Å². The predicted molar refractivity (Wildman–Crippen MR) is 76.4 cm³/mol. The minimum absolute atomic E-state index is 0.107.